The Kier molecular flexibility index (Phi) is 5.81. The van der Waals surface area contributed by atoms with Gasteiger partial charge in [-0.25, -0.2) is 4.98 Å². The summed E-state index contributed by atoms with van der Waals surface area (Å²) in [5.74, 6) is 0.737. The van der Waals surface area contributed by atoms with Crippen LogP contribution in [-0.2, 0) is 4.79 Å². The van der Waals surface area contributed by atoms with Gasteiger partial charge in [-0.2, -0.15) is 0 Å². The molecule has 1 aliphatic rings. The number of aryl methyl sites for hydroxylation is 1. The minimum Gasteiger partial charge on any atom is -0.369 e. The van der Waals surface area contributed by atoms with E-state index in [0.29, 0.717) is 0 Å². The number of nitrogens with zero attached hydrogens (tertiary/aromatic N) is 2. The van der Waals surface area contributed by atoms with Crippen molar-refractivity contribution in [2.75, 3.05) is 37.8 Å². The van der Waals surface area contributed by atoms with E-state index in [2.05, 4.69) is 47.7 Å². The molecule has 134 valence electrons. The van der Waals surface area contributed by atoms with Crippen LogP contribution >= 0.6 is 11.8 Å². The van der Waals surface area contributed by atoms with E-state index in [1.807, 2.05) is 0 Å². The zero-order valence-electron chi connectivity index (χ0n) is 14.9. The average Bonchev–Trinajstić information content (AvgIpc) is 2.61. The lowest BCUT2D eigenvalue weighted by Gasteiger charge is -2.31. The van der Waals surface area contributed by atoms with Gasteiger partial charge in [-0.05, 0) is 56.3 Å². The molecule has 6 heteroatoms. The van der Waals surface area contributed by atoms with Crippen molar-refractivity contribution in [2.45, 2.75) is 24.7 Å². The summed E-state index contributed by atoms with van der Waals surface area (Å²) in [6.45, 7) is 5.64. The van der Waals surface area contributed by atoms with Gasteiger partial charge in [0.15, 0.2) is 0 Å². The molecule has 3 rings (SSSR count). The Balaban J connectivity index is 1.62. The molecule has 5 nitrogen and oxygen atoms in total. The Morgan fingerprint density at radius 1 is 1.44 bits per heavy atom. The Bertz CT molecular complexity index is 764. The molecule has 0 aliphatic carbocycles. The van der Waals surface area contributed by atoms with Crippen molar-refractivity contribution in [3.8, 4) is 0 Å². The second kappa shape index (κ2) is 8.06. The van der Waals surface area contributed by atoms with Crippen molar-refractivity contribution in [1.82, 2.24) is 9.88 Å². The van der Waals surface area contributed by atoms with E-state index >= 15 is 0 Å². The van der Waals surface area contributed by atoms with Crippen LogP contribution in [0.5, 0.6) is 0 Å². The van der Waals surface area contributed by atoms with Crippen LogP contribution in [0.25, 0.3) is 10.9 Å². The van der Waals surface area contributed by atoms with Gasteiger partial charge in [0.05, 0.1) is 11.4 Å². The molecule has 1 saturated heterocycles. The predicted molar refractivity (Wildman–Crippen MR) is 105 cm³/mol. The number of likely N-dealkylation sites (tertiary alicyclic amines) is 1. The third kappa shape index (κ3) is 4.44. The van der Waals surface area contributed by atoms with Crippen molar-refractivity contribution in [3.63, 3.8) is 0 Å². The number of rotatable bonds is 6. The summed E-state index contributed by atoms with van der Waals surface area (Å²) >= 11 is 1.73. The molecule has 1 aliphatic heterocycles. The van der Waals surface area contributed by atoms with Crippen LogP contribution in [0.3, 0.4) is 0 Å². The molecule has 1 atom stereocenters. The van der Waals surface area contributed by atoms with Gasteiger partial charge in [-0.1, -0.05) is 6.07 Å². The number of thioether (sulfide) groups is 1. The number of pyridine rings is 1. The van der Waals surface area contributed by atoms with Crippen molar-refractivity contribution in [3.05, 3.63) is 29.8 Å². The lowest BCUT2D eigenvalue weighted by molar-refractivity contribution is -0.123. The molecule has 2 heterocycles. The molecule has 0 spiro atoms. The Labute approximate surface area is 153 Å². The van der Waals surface area contributed by atoms with Crippen molar-refractivity contribution in [2.24, 2.45) is 11.7 Å². The van der Waals surface area contributed by atoms with Gasteiger partial charge in [-0.15, -0.1) is 11.8 Å². The van der Waals surface area contributed by atoms with Gasteiger partial charge >= 0.3 is 0 Å². The first-order chi connectivity index (χ1) is 12.1. The second-order valence-corrected chi connectivity index (χ2v) is 7.56. The molecule has 1 fully saturated rings. The monoisotopic (exact) mass is 358 g/mol. The third-order valence-electron chi connectivity index (χ3n) is 4.87. The van der Waals surface area contributed by atoms with E-state index in [1.165, 1.54) is 15.8 Å². The number of benzene rings is 1. The first-order valence-corrected chi connectivity index (χ1v) is 10.00. The number of fused-ring (bicyclic) bond motifs is 1. The number of hydrogen-bond acceptors (Lipinski definition) is 5. The van der Waals surface area contributed by atoms with E-state index in [0.717, 1.165) is 50.4 Å². The molecule has 25 heavy (non-hydrogen) atoms. The van der Waals surface area contributed by atoms with E-state index in [9.17, 15) is 4.79 Å². The van der Waals surface area contributed by atoms with Gasteiger partial charge in [0.1, 0.15) is 5.82 Å². The van der Waals surface area contributed by atoms with Gasteiger partial charge in [-0.3, -0.25) is 4.79 Å². The molecule has 1 amide bonds. The van der Waals surface area contributed by atoms with Crippen LogP contribution in [-0.4, -0.2) is 48.2 Å². The summed E-state index contributed by atoms with van der Waals surface area (Å²) < 4.78 is 0. The molecule has 0 saturated carbocycles. The zero-order chi connectivity index (χ0) is 17.8. The standard InChI is InChI=1S/C19H26N4OS/c1-13-10-18(22-17-11-15(25-2)5-6-16(13)17)21-7-9-23-8-3-4-14(12-23)19(20)24/h5-6,10-11,14H,3-4,7-9,12H2,1-2H3,(H2,20,24)(H,21,22)/t14-/m0/s1. The molecule has 0 radical (unpaired) electrons. The van der Waals surface area contributed by atoms with Crippen molar-refractivity contribution in [1.29, 1.82) is 0 Å². The highest BCUT2D eigenvalue weighted by atomic mass is 32.2. The first-order valence-electron chi connectivity index (χ1n) is 8.78. The molecule has 1 aromatic heterocycles. The maximum atomic E-state index is 11.4. The number of aromatic nitrogens is 1. The molecule has 1 aromatic carbocycles. The fraction of sp³-hybridized carbons (Fsp3) is 0.474. The summed E-state index contributed by atoms with van der Waals surface area (Å²) in [5, 5.41) is 4.63. The second-order valence-electron chi connectivity index (χ2n) is 6.68. The van der Waals surface area contributed by atoms with E-state index in [1.54, 1.807) is 11.8 Å². The number of nitrogens with two attached hydrogens (primary N) is 1. The lowest BCUT2D eigenvalue weighted by atomic mass is 9.97. The maximum absolute atomic E-state index is 11.4. The SMILES string of the molecule is CSc1ccc2c(C)cc(NCCN3CCC[C@H](C(N)=O)C3)nc2c1. The summed E-state index contributed by atoms with van der Waals surface area (Å²) in [5.41, 5.74) is 7.71. The molecule has 3 N–H and O–H groups in total. The molecule has 0 bridgehead atoms. The predicted octanol–water partition coefficient (Wildman–Crippen LogP) is 2.87. The van der Waals surface area contributed by atoms with Crippen LogP contribution < -0.4 is 11.1 Å². The Hall–Kier alpha value is -1.79. The van der Waals surface area contributed by atoms with Crippen LogP contribution in [0, 0.1) is 12.8 Å². The summed E-state index contributed by atoms with van der Waals surface area (Å²) in [6.07, 6.45) is 4.04. The van der Waals surface area contributed by atoms with Crippen LogP contribution in [0.15, 0.2) is 29.2 Å². The number of primary amides is 1. The minimum absolute atomic E-state index is 0.000229. The van der Waals surface area contributed by atoms with E-state index in [-0.39, 0.29) is 11.8 Å². The number of carbonyl (C=O) groups is 1. The van der Waals surface area contributed by atoms with Crippen LogP contribution in [0.4, 0.5) is 5.82 Å². The summed E-state index contributed by atoms with van der Waals surface area (Å²) in [4.78, 5) is 19.7. The summed E-state index contributed by atoms with van der Waals surface area (Å²) in [6, 6.07) is 8.52. The number of piperidine rings is 1. The van der Waals surface area contributed by atoms with Gasteiger partial charge < -0.3 is 16.0 Å². The Morgan fingerprint density at radius 2 is 2.28 bits per heavy atom. The highest BCUT2D eigenvalue weighted by Gasteiger charge is 2.23. The highest BCUT2D eigenvalue weighted by Crippen LogP contribution is 2.25. The van der Waals surface area contributed by atoms with Gasteiger partial charge in [0.25, 0.3) is 0 Å². The van der Waals surface area contributed by atoms with Crippen LogP contribution in [0.2, 0.25) is 0 Å². The van der Waals surface area contributed by atoms with E-state index < -0.39 is 0 Å². The lowest BCUT2D eigenvalue weighted by Crippen LogP contribution is -2.42. The number of hydrogen-bond donors (Lipinski definition) is 2. The molecule has 2 aromatic rings. The van der Waals surface area contributed by atoms with E-state index in [4.69, 9.17) is 10.7 Å². The number of anilines is 1. The maximum Gasteiger partial charge on any atom is 0.221 e. The third-order valence-corrected chi connectivity index (χ3v) is 5.59. The number of amides is 1. The highest BCUT2D eigenvalue weighted by molar-refractivity contribution is 7.98. The average molecular weight is 359 g/mol. The molecular weight excluding hydrogens is 332 g/mol. The number of carbonyl (C=O) groups excluding carboxylic acids is 1. The molecular formula is C19H26N4OS. The largest absolute Gasteiger partial charge is 0.369 e. The van der Waals surface area contributed by atoms with Gasteiger partial charge in [0, 0.05) is 29.9 Å². The zero-order valence-corrected chi connectivity index (χ0v) is 15.7. The van der Waals surface area contributed by atoms with Crippen molar-refractivity contribution < 1.29 is 4.79 Å². The minimum atomic E-state index is -0.172. The normalized spacial score (nSPS) is 18.4. The van der Waals surface area contributed by atoms with Crippen molar-refractivity contribution >= 4 is 34.4 Å². The first kappa shape index (κ1) is 18.0. The number of nitrogens with one attached hydrogen (secondary N) is 1. The molecule has 0 unspecified atom stereocenters. The topological polar surface area (TPSA) is 71.2 Å². The Morgan fingerprint density at radius 3 is 3.04 bits per heavy atom. The van der Waals surface area contributed by atoms with Gasteiger partial charge in [0.2, 0.25) is 5.91 Å². The fourth-order valence-corrected chi connectivity index (χ4v) is 3.87. The summed E-state index contributed by atoms with van der Waals surface area (Å²) in [7, 11) is 0. The smallest absolute Gasteiger partial charge is 0.221 e. The quantitative estimate of drug-likeness (QED) is 0.777. The fourth-order valence-electron chi connectivity index (χ4n) is 3.43. The van der Waals surface area contributed by atoms with Crippen LogP contribution in [0.1, 0.15) is 18.4 Å².